The lowest BCUT2D eigenvalue weighted by molar-refractivity contribution is 0.144. The number of piperidine rings is 1. The van der Waals surface area contributed by atoms with Gasteiger partial charge in [0.15, 0.2) is 0 Å². The van der Waals surface area contributed by atoms with Crippen LogP contribution in [-0.2, 0) is 0 Å². The standard InChI is InChI=1S/C28H32ClN3O3/c1-34-25-11-6-12-26(20-25)35-27(21-7-3-2-4-8-21)15-18-32-16-13-23(14-17-32)30-28(33)31-24-10-5-9-22(29)19-24/h2-12,19-20,23,27H,13-18H2,1H3,(H2,30,31,33). The highest BCUT2D eigenvalue weighted by Gasteiger charge is 2.22. The normalized spacial score (nSPS) is 15.3. The first-order valence-electron chi connectivity index (χ1n) is 12.0. The van der Waals surface area contributed by atoms with Crippen molar-refractivity contribution in [2.75, 3.05) is 32.1 Å². The average molecular weight is 494 g/mol. The molecule has 1 fully saturated rings. The molecule has 0 radical (unpaired) electrons. The number of likely N-dealkylation sites (tertiary alicyclic amines) is 1. The zero-order valence-corrected chi connectivity index (χ0v) is 20.7. The van der Waals surface area contributed by atoms with Crippen molar-refractivity contribution in [1.82, 2.24) is 10.2 Å². The van der Waals surface area contributed by atoms with E-state index in [-0.39, 0.29) is 18.2 Å². The molecule has 1 saturated heterocycles. The SMILES string of the molecule is COc1cccc(OC(CCN2CCC(NC(=O)Nc3cccc(Cl)c3)CC2)c2ccccc2)c1. The average Bonchev–Trinajstić information content (AvgIpc) is 2.88. The Balaban J connectivity index is 1.27. The number of hydrogen-bond donors (Lipinski definition) is 2. The van der Waals surface area contributed by atoms with Gasteiger partial charge in [0, 0.05) is 48.9 Å². The number of amides is 2. The number of rotatable bonds is 9. The summed E-state index contributed by atoms with van der Waals surface area (Å²) in [5.74, 6) is 1.58. The van der Waals surface area contributed by atoms with Gasteiger partial charge in [-0.2, -0.15) is 0 Å². The number of ether oxygens (including phenoxy) is 2. The van der Waals surface area contributed by atoms with Crippen LogP contribution in [-0.4, -0.2) is 43.7 Å². The van der Waals surface area contributed by atoms with Crippen molar-refractivity contribution >= 4 is 23.3 Å². The van der Waals surface area contributed by atoms with Gasteiger partial charge in [0.1, 0.15) is 17.6 Å². The summed E-state index contributed by atoms with van der Waals surface area (Å²) in [5.41, 5.74) is 1.85. The van der Waals surface area contributed by atoms with Gasteiger partial charge in [-0.05, 0) is 48.7 Å². The van der Waals surface area contributed by atoms with Crippen LogP contribution in [0.4, 0.5) is 10.5 Å². The number of carbonyl (C=O) groups is 1. The second kappa shape index (κ2) is 12.5. The summed E-state index contributed by atoms with van der Waals surface area (Å²) in [5, 5.41) is 6.54. The highest BCUT2D eigenvalue weighted by atomic mass is 35.5. The van der Waals surface area contributed by atoms with Crippen LogP contribution < -0.4 is 20.1 Å². The van der Waals surface area contributed by atoms with E-state index >= 15 is 0 Å². The zero-order chi connectivity index (χ0) is 24.5. The van der Waals surface area contributed by atoms with Crippen molar-refractivity contribution in [3.63, 3.8) is 0 Å². The number of nitrogens with one attached hydrogen (secondary N) is 2. The Morgan fingerprint density at radius 1 is 1.00 bits per heavy atom. The van der Waals surface area contributed by atoms with E-state index in [2.05, 4.69) is 27.7 Å². The molecule has 0 aliphatic carbocycles. The van der Waals surface area contributed by atoms with E-state index < -0.39 is 0 Å². The van der Waals surface area contributed by atoms with Gasteiger partial charge in [0.05, 0.1) is 7.11 Å². The first-order valence-corrected chi connectivity index (χ1v) is 12.4. The lowest BCUT2D eigenvalue weighted by Crippen LogP contribution is -2.46. The Labute approximate surface area is 212 Å². The molecule has 1 atom stereocenters. The van der Waals surface area contributed by atoms with Gasteiger partial charge in [-0.3, -0.25) is 0 Å². The van der Waals surface area contributed by atoms with E-state index in [0.29, 0.717) is 10.7 Å². The number of methoxy groups -OCH3 is 1. The van der Waals surface area contributed by atoms with Gasteiger partial charge in [-0.15, -0.1) is 0 Å². The van der Waals surface area contributed by atoms with Gasteiger partial charge in [0.25, 0.3) is 0 Å². The molecule has 3 aromatic carbocycles. The molecule has 2 amide bonds. The van der Waals surface area contributed by atoms with E-state index in [1.165, 1.54) is 0 Å². The molecule has 184 valence electrons. The van der Waals surface area contributed by atoms with E-state index in [1.54, 1.807) is 19.2 Å². The van der Waals surface area contributed by atoms with Crippen molar-refractivity contribution in [1.29, 1.82) is 0 Å². The van der Waals surface area contributed by atoms with E-state index in [9.17, 15) is 4.79 Å². The van der Waals surface area contributed by atoms with E-state index in [1.807, 2.05) is 54.6 Å². The molecule has 1 aliphatic heterocycles. The first kappa shape index (κ1) is 24.9. The Morgan fingerprint density at radius 2 is 1.74 bits per heavy atom. The lowest BCUT2D eigenvalue weighted by atomic mass is 10.0. The second-order valence-corrected chi connectivity index (χ2v) is 9.15. The zero-order valence-electron chi connectivity index (χ0n) is 20.0. The van der Waals surface area contributed by atoms with Crippen LogP contribution in [0.2, 0.25) is 5.02 Å². The lowest BCUT2D eigenvalue weighted by Gasteiger charge is -2.33. The predicted molar refractivity (Wildman–Crippen MR) is 140 cm³/mol. The maximum absolute atomic E-state index is 12.4. The van der Waals surface area contributed by atoms with Gasteiger partial charge in [0.2, 0.25) is 0 Å². The fourth-order valence-electron chi connectivity index (χ4n) is 4.32. The van der Waals surface area contributed by atoms with Crippen LogP contribution in [0.25, 0.3) is 0 Å². The highest BCUT2D eigenvalue weighted by Crippen LogP contribution is 2.28. The van der Waals surface area contributed by atoms with E-state index in [4.69, 9.17) is 21.1 Å². The van der Waals surface area contributed by atoms with Crippen LogP contribution in [0.15, 0.2) is 78.9 Å². The number of carbonyl (C=O) groups excluding carboxylic acids is 1. The van der Waals surface area contributed by atoms with Crippen LogP contribution in [0.3, 0.4) is 0 Å². The summed E-state index contributed by atoms with van der Waals surface area (Å²) in [4.78, 5) is 14.8. The van der Waals surface area contributed by atoms with Gasteiger partial charge < -0.3 is 25.0 Å². The number of urea groups is 1. The smallest absolute Gasteiger partial charge is 0.319 e. The number of nitrogens with zero attached hydrogens (tertiary/aromatic N) is 1. The fourth-order valence-corrected chi connectivity index (χ4v) is 4.51. The first-order chi connectivity index (χ1) is 17.1. The van der Waals surface area contributed by atoms with Crippen LogP contribution in [0, 0.1) is 0 Å². The molecule has 7 heteroatoms. The topological polar surface area (TPSA) is 62.8 Å². The fraction of sp³-hybridized carbons (Fsp3) is 0.321. The summed E-state index contributed by atoms with van der Waals surface area (Å²) >= 11 is 5.99. The Hall–Kier alpha value is -3.22. The van der Waals surface area contributed by atoms with Gasteiger partial charge in [-0.1, -0.05) is 54.1 Å². The molecule has 4 rings (SSSR count). The minimum absolute atomic E-state index is 0.0531. The maximum atomic E-state index is 12.4. The molecular formula is C28H32ClN3O3. The summed E-state index contributed by atoms with van der Waals surface area (Å²) in [7, 11) is 1.66. The summed E-state index contributed by atoms with van der Waals surface area (Å²) < 4.78 is 11.7. The molecule has 1 heterocycles. The third-order valence-corrected chi connectivity index (χ3v) is 6.44. The van der Waals surface area contributed by atoms with Gasteiger partial charge in [-0.25, -0.2) is 4.79 Å². The van der Waals surface area contributed by atoms with Crippen LogP contribution in [0.5, 0.6) is 11.5 Å². The number of halogens is 1. The van der Waals surface area contributed by atoms with Gasteiger partial charge >= 0.3 is 6.03 Å². The van der Waals surface area contributed by atoms with E-state index in [0.717, 1.165) is 56.0 Å². The van der Waals surface area contributed by atoms with Crippen LogP contribution in [0.1, 0.15) is 30.9 Å². The molecule has 2 N–H and O–H groups in total. The molecule has 0 bridgehead atoms. The molecule has 0 aromatic heterocycles. The van der Waals surface area contributed by atoms with Crippen molar-refractivity contribution in [3.8, 4) is 11.5 Å². The molecule has 6 nitrogen and oxygen atoms in total. The molecule has 35 heavy (non-hydrogen) atoms. The number of benzene rings is 3. The molecule has 0 spiro atoms. The van der Waals surface area contributed by atoms with Crippen LogP contribution >= 0.6 is 11.6 Å². The second-order valence-electron chi connectivity index (χ2n) is 8.71. The summed E-state index contributed by atoms with van der Waals surface area (Å²) in [6, 6.07) is 25.2. The third-order valence-electron chi connectivity index (χ3n) is 6.20. The van der Waals surface area contributed by atoms with Crippen molar-refractivity contribution < 1.29 is 14.3 Å². The molecular weight excluding hydrogens is 462 g/mol. The Kier molecular flexibility index (Phi) is 8.87. The minimum atomic E-state index is -0.193. The monoisotopic (exact) mass is 493 g/mol. The third kappa shape index (κ3) is 7.64. The molecule has 3 aromatic rings. The Bertz CT molecular complexity index is 1090. The maximum Gasteiger partial charge on any atom is 0.319 e. The van der Waals surface area contributed by atoms with Crippen molar-refractivity contribution in [2.24, 2.45) is 0 Å². The number of hydrogen-bond acceptors (Lipinski definition) is 4. The summed E-state index contributed by atoms with van der Waals surface area (Å²) in [6.07, 6.45) is 2.64. The molecule has 1 aliphatic rings. The molecule has 1 unspecified atom stereocenters. The molecule has 0 saturated carbocycles. The predicted octanol–water partition coefficient (Wildman–Crippen LogP) is 6.14. The van der Waals surface area contributed by atoms with Crippen molar-refractivity contribution in [2.45, 2.75) is 31.4 Å². The number of anilines is 1. The largest absolute Gasteiger partial charge is 0.497 e. The highest BCUT2D eigenvalue weighted by molar-refractivity contribution is 6.30. The Morgan fingerprint density at radius 3 is 2.49 bits per heavy atom. The quantitative estimate of drug-likeness (QED) is 0.375. The van der Waals surface area contributed by atoms with Crippen molar-refractivity contribution in [3.05, 3.63) is 89.4 Å². The minimum Gasteiger partial charge on any atom is -0.497 e. The summed E-state index contributed by atoms with van der Waals surface area (Å²) in [6.45, 7) is 2.79.